The molecule has 0 atom stereocenters. The van der Waals surface area contributed by atoms with E-state index in [-0.39, 0.29) is 0 Å². The molecule has 0 aromatic carbocycles. The van der Waals surface area contributed by atoms with E-state index in [2.05, 4.69) is 44.1 Å². The molecule has 1 aromatic rings. The van der Waals surface area contributed by atoms with E-state index in [9.17, 15) is 0 Å². The first kappa shape index (κ1) is 16.6. The second-order valence-electron chi connectivity index (χ2n) is 6.92. The Kier molecular flexibility index (Phi) is 6.31. The average molecular weight is 292 g/mol. The monoisotopic (exact) mass is 292 g/mol. The van der Waals surface area contributed by atoms with Gasteiger partial charge in [0.2, 0.25) is 0 Å². The molecule has 0 unspecified atom stereocenters. The minimum atomic E-state index is 0.492. The van der Waals surface area contributed by atoms with Crippen molar-refractivity contribution in [3.05, 3.63) is 23.2 Å². The maximum atomic E-state index is 6.05. The first-order chi connectivity index (χ1) is 10.1. The zero-order valence-electron chi connectivity index (χ0n) is 14.2. The zero-order chi connectivity index (χ0) is 15.2. The van der Waals surface area contributed by atoms with Crippen LogP contribution in [0.5, 0.6) is 0 Å². The lowest BCUT2D eigenvalue weighted by Crippen LogP contribution is -2.30. The summed E-state index contributed by atoms with van der Waals surface area (Å²) >= 11 is 0. The molecule has 1 saturated carbocycles. The second-order valence-corrected chi connectivity index (χ2v) is 6.92. The highest BCUT2D eigenvalue weighted by Crippen LogP contribution is 2.23. The van der Waals surface area contributed by atoms with Gasteiger partial charge in [-0.25, -0.2) is 0 Å². The maximum Gasteiger partial charge on any atom is 0.120 e. The molecular weight excluding hydrogens is 260 g/mol. The highest BCUT2D eigenvalue weighted by molar-refractivity contribution is 5.20. The third-order valence-electron chi connectivity index (χ3n) is 4.60. The number of furan rings is 1. The number of nitrogens with zero attached hydrogens (tertiary/aromatic N) is 1. The maximum absolute atomic E-state index is 6.05. The van der Waals surface area contributed by atoms with E-state index in [0.29, 0.717) is 6.04 Å². The highest BCUT2D eigenvalue weighted by Gasteiger charge is 2.18. The molecule has 0 spiro atoms. The summed E-state index contributed by atoms with van der Waals surface area (Å²) in [5.41, 5.74) is 1.27. The van der Waals surface area contributed by atoms with Gasteiger partial charge in [-0.05, 0) is 38.4 Å². The Hall–Kier alpha value is -0.800. The zero-order valence-corrected chi connectivity index (χ0v) is 14.2. The van der Waals surface area contributed by atoms with Gasteiger partial charge in [0.25, 0.3) is 0 Å². The summed E-state index contributed by atoms with van der Waals surface area (Å²) < 4.78 is 6.05. The molecule has 0 radical (unpaired) electrons. The van der Waals surface area contributed by atoms with E-state index >= 15 is 0 Å². The average Bonchev–Trinajstić information content (AvgIpc) is 2.66. The van der Waals surface area contributed by atoms with E-state index in [1.807, 2.05) is 0 Å². The van der Waals surface area contributed by atoms with Gasteiger partial charge in [-0.15, -0.1) is 0 Å². The highest BCUT2D eigenvalue weighted by atomic mass is 16.3. The van der Waals surface area contributed by atoms with Crippen LogP contribution in [0, 0.1) is 6.92 Å². The predicted octanol–water partition coefficient (Wildman–Crippen LogP) is 4.24. The third-order valence-corrected chi connectivity index (χ3v) is 4.60. The van der Waals surface area contributed by atoms with Crippen molar-refractivity contribution in [3.63, 3.8) is 0 Å². The predicted molar refractivity (Wildman–Crippen MR) is 88.4 cm³/mol. The minimum Gasteiger partial charge on any atom is -0.463 e. The van der Waals surface area contributed by atoms with E-state index < -0.39 is 0 Å². The van der Waals surface area contributed by atoms with Crippen LogP contribution in [0.25, 0.3) is 0 Å². The van der Waals surface area contributed by atoms with Crippen molar-refractivity contribution in [2.24, 2.45) is 0 Å². The fourth-order valence-electron chi connectivity index (χ4n) is 3.21. The molecule has 120 valence electrons. The number of hydrogen-bond donors (Lipinski definition) is 1. The Morgan fingerprint density at radius 2 is 1.90 bits per heavy atom. The van der Waals surface area contributed by atoms with Crippen LogP contribution < -0.4 is 5.32 Å². The van der Waals surface area contributed by atoms with E-state index in [1.54, 1.807) is 0 Å². The van der Waals surface area contributed by atoms with Crippen molar-refractivity contribution >= 4 is 0 Å². The van der Waals surface area contributed by atoms with Crippen molar-refractivity contribution in [1.82, 2.24) is 10.2 Å². The number of hydrogen-bond acceptors (Lipinski definition) is 3. The van der Waals surface area contributed by atoms with Crippen molar-refractivity contribution in [2.75, 3.05) is 7.05 Å². The number of nitrogens with one attached hydrogen (secondary N) is 1. The molecule has 0 bridgehead atoms. The number of aryl methyl sites for hydroxylation is 1. The van der Waals surface area contributed by atoms with Crippen LogP contribution in [0.4, 0.5) is 0 Å². The second kappa shape index (κ2) is 8.00. The smallest absolute Gasteiger partial charge is 0.120 e. The molecule has 1 aliphatic rings. The third kappa shape index (κ3) is 5.15. The van der Waals surface area contributed by atoms with Gasteiger partial charge in [0.1, 0.15) is 11.5 Å². The molecular formula is C18H32N2O. The van der Waals surface area contributed by atoms with Crippen LogP contribution in [-0.2, 0) is 13.1 Å². The molecule has 21 heavy (non-hydrogen) atoms. The Balaban J connectivity index is 1.90. The van der Waals surface area contributed by atoms with Crippen molar-refractivity contribution in [3.8, 4) is 0 Å². The van der Waals surface area contributed by atoms with Crippen molar-refractivity contribution in [2.45, 2.75) is 84.5 Å². The molecule has 3 nitrogen and oxygen atoms in total. The van der Waals surface area contributed by atoms with Gasteiger partial charge in [-0.1, -0.05) is 39.5 Å². The summed E-state index contributed by atoms with van der Waals surface area (Å²) in [6.45, 7) is 8.25. The van der Waals surface area contributed by atoms with Gasteiger partial charge in [-0.2, -0.15) is 0 Å². The van der Waals surface area contributed by atoms with Gasteiger partial charge in [0.05, 0.1) is 13.1 Å². The van der Waals surface area contributed by atoms with E-state index in [0.717, 1.165) is 30.7 Å². The molecule has 1 fully saturated rings. The van der Waals surface area contributed by atoms with Gasteiger partial charge in [0, 0.05) is 12.1 Å². The van der Waals surface area contributed by atoms with Crippen molar-refractivity contribution < 1.29 is 4.42 Å². The molecule has 1 aliphatic carbocycles. The van der Waals surface area contributed by atoms with Crippen LogP contribution >= 0.6 is 0 Å². The molecule has 0 amide bonds. The van der Waals surface area contributed by atoms with Crippen LogP contribution in [0.15, 0.2) is 10.5 Å². The SMILES string of the molecule is Cc1cc(CN(C)C2CCCCCC2)oc1CNC(C)C. The normalized spacial score (nSPS) is 17.6. The Bertz CT molecular complexity index is 417. The first-order valence-corrected chi connectivity index (χ1v) is 8.58. The molecule has 1 N–H and O–H groups in total. The number of rotatable bonds is 6. The minimum absolute atomic E-state index is 0.492. The molecule has 3 heteroatoms. The lowest BCUT2D eigenvalue weighted by atomic mass is 10.1. The summed E-state index contributed by atoms with van der Waals surface area (Å²) in [5, 5.41) is 3.43. The molecule has 2 rings (SSSR count). The first-order valence-electron chi connectivity index (χ1n) is 8.58. The quantitative estimate of drug-likeness (QED) is 0.795. The Labute approximate surface area is 130 Å². The topological polar surface area (TPSA) is 28.4 Å². The van der Waals surface area contributed by atoms with Crippen LogP contribution in [-0.4, -0.2) is 24.0 Å². The van der Waals surface area contributed by atoms with Gasteiger partial charge >= 0.3 is 0 Å². The van der Waals surface area contributed by atoms with Crippen LogP contribution in [0.2, 0.25) is 0 Å². The lowest BCUT2D eigenvalue weighted by Gasteiger charge is -2.26. The van der Waals surface area contributed by atoms with Gasteiger partial charge in [-0.3, -0.25) is 4.90 Å². The fraction of sp³-hybridized carbons (Fsp3) is 0.778. The Morgan fingerprint density at radius 3 is 2.52 bits per heavy atom. The molecule has 0 aliphatic heterocycles. The Morgan fingerprint density at radius 1 is 1.24 bits per heavy atom. The van der Waals surface area contributed by atoms with E-state index in [4.69, 9.17) is 4.42 Å². The molecule has 0 saturated heterocycles. The molecule has 1 heterocycles. The summed E-state index contributed by atoms with van der Waals surface area (Å²) in [4.78, 5) is 2.49. The lowest BCUT2D eigenvalue weighted by molar-refractivity contribution is 0.196. The van der Waals surface area contributed by atoms with Gasteiger partial charge < -0.3 is 9.73 Å². The fourth-order valence-corrected chi connectivity index (χ4v) is 3.21. The summed E-state index contributed by atoms with van der Waals surface area (Å²) in [5.74, 6) is 2.20. The summed E-state index contributed by atoms with van der Waals surface area (Å²) in [6.07, 6.45) is 8.28. The summed E-state index contributed by atoms with van der Waals surface area (Å²) in [6, 6.07) is 3.44. The van der Waals surface area contributed by atoms with Gasteiger partial charge in [0.15, 0.2) is 0 Å². The van der Waals surface area contributed by atoms with E-state index in [1.165, 1.54) is 44.1 Å². The van der Waals surface area contributed by atoms with Crippen molar-refractivity contribution in [1.29, 1.82) is 0 Å². The standard InChI is InChI=1S/C18H32N2O/c1-14(2)19-12-18-15(3)11-17(21-18)13-20(4)16-9-7-5-6-8-10-16/h11,14,16,19H,5-10,12-13H2,1-4H3. The van der Waals surface area contributed by atoms with Crippen LogP contribution in [0.3, 0.4) is 0 Å². The largest absolute Gasteiger partial charge is 0.463 e. The summed E-state index contributed by atoms with van der Waals surface area (Å²) in [7, 11) is 2.25. The van der Waals surface area contributed by atoms with Crippen LogP contribution in [0.1, 0.15) is 69.5 Å². The molecule has 1 aromatic heterocycles.